The lowest BCUT2D eigenvalue weighted by atomic mass is 9.98. The molecule has 1 aliphatic rings. The number of aromatic amines is 1. The van der Waals surface area contributed by atoms with Crippen LogP contribution in [0, 0.1) is 0 Å². The fourth-order valence-corrected chi connectivity index (χ4v) is 3.60. The molecule has 1 fully saturated rings. The second-order valence-electron chi connectivity index (χ2n) is 6.55. The molecule has 2 aromatic heterocycles. The smallest absolute Gasteiger partial charge is 0.223 e. The Kier molecular flexibility index (Phi) is 4.46. The van der Waals surface area contributed by atoms with Gasteiger partial charge in [-0.2, -0.15) is 0 Å². The molecule has 4 rings (SSSR count). The third-order valence-electron chi connectivity index (χ3n) is 4.87. The minimum atomic E-state index is 0.109. The molecule has 3 heterocycles. The summed E-state index contributed by atoms with van der Waals surface area (Å²) in [6.07, 6.45) is 6.13. The maximum atomic E-state index is 12.8. The van der Waals surface area contributed by atoms with Crippen molar-refractivity contribution in [1.29, 1.82) is 0 Å². The molecule has 0 unspecified atom stereocenters. The van der Waals surface area contributed by atoms with Crippen molar-refractivity contribution in [1.82, 2.24) is 19.9 Å². The summed E-state index contributed by atoms with van der Waals surface area (Å²) in [6.45, 7) is 0.820. The molecule has 1 saturated heterocycles. The molecule has 3 aromatic rings. The van der Waals surface area contributed by atoms with Gasteiger partial charge in [-0.15, -0.1) is 0 Å². The number of nitrogens with zero attached hydrogens (tertiary/aromatic N) is 3. The van der Waals surface area contributed by atoms with Crippen LogP contribution >= 0.6 is 0 Å². The Labute approximate surface area is 147 Å². The van der Waals surface area contributed by atoms with Gasteiger partial charge in [-0.05, 0) is 43.5 Å². The van der Waals surface area contributed by atoms with Crippen LogP contribution in [-0.4, -0.2) is 32.3 Å². The highest BCUT2D eigenvalue weighted by atomic mass is 16.2. The van der Waals surface area contributed by atoms with Crippen LogP contribution in [0.25, 0.3) is 11.0 Å². The minimum absolute atomic E-state index is 0.109. The first kappa shape index (κ1) is 15.8. The van der Waals surface area contributed by atoms with E-state index in [-0.39, 0.29) is 11.9 Å². The van der Waals surface area contributed by atoms with E-state index in [9.17, 15) is 4.79 Å². The average Bonchev–Trinajstić information content (AvgIpc) is 3.10. The summed E-state index contributed by atoms with van der Waals surface area (Å²) in [6, 6.07) is 14.0. The normalized spacial score (nSPS) is 17.8. The number of likely N-dealkylation sites (tertiary alicyclic amines) is 1. The van der Waals surface area contributed by atoms with Gasteiger partial charge in [-0.1, -0.05) is 18.2 Å². The number of nitrogens with one attached hydrogen (secondary N) is 1. The predicted octanol–water partition coefficient (Wildman–Crippen LogP) is 3.64. The van der Waals surface area contributed by atoms with Crippen LogP contribution in [0.3, 0.4) is 0 Å². The average molecular weight is 334 g/mol. The molecule has 0 bridgehead atoms. The van der Waals surface area contributed by atoms with Gasteiger partial charge in [0.25, 0.3) is 0 Å². The van der Waals surface area contributed by atoms with Crippen molar-refractivity contribution in [3.05, 3.63) is 60.2 Å². The number of benzene rings is 1. The van der Waals surface area contributed by atoms with Crippen LogP contribution in [-0.2, 0) is 11.2 Å². The van der Waals surface area contributed by atoms with Gasteiger partial charge in [0.1, 0.15) is 5.82 Å². The highest BCUT2D eigenvalue weighted by Gasteiger charge is 2.28. The summed E-state index contributed by atoms with van der Waals surface area (Å²) < 4.78 is 0. The summed E-state index contributed by atoms with van der Waals surface area (Å²) in [5, 5.41) is 0. The molecule has 5 nitrogen and oxygen atoms in total. The van der Waals surface area contributed by atoms with Crippen molar-refractivity contribution in [2.24, 2.45) is 0 Å². The van der Waals surface area contributed by atoms with E-state index in [0.717, 1.165) is 48.4 Å². The minimum Gasteiger partial charge on any atom is -0.342 e. The number of hydrogen-bond donors (Lipinski definition) is 1. The molecule has 0 saturated carbocycles. The Morgan fingerprint density at radius 1 is 1.16 bits per heavy atom. The van der Waals surface area contributed by atoms with Gasteiger partial charge in [-0.25, -0.2) is 4.98 Å². The van der Waals surface area contributed by atoms with Crippen molar-refractivity contribution in [3.8, 4) is 0 Å². The Morgan fingerprint density at radius 2 is 2.04 bits per heavy atom. The van der Waals surface area contributed by atoms with Crippen LogP contribution in [0.5, 0.6) is 0 Å². The number of imidazole rings is 1. The second kappa shape index (κ2) is 7.05. The molecule has 1 amide bonds. The number of aryl methyl sites for hydroxylation is 1. The van der Waals surface area contributed by atoms with E-state index in [4.69, 9.17) is 0 Å². The van der Waals surface area contributed by atoms with Crippen LogP contribution in [0.15, 0.2) is 48.7 Å². The number of para-hydroxylation sites is 2. The Hall–Kier alpha value is -2.69. The molecule has 25 heavy (non-hydrogen) atoms. The third-order valence-corrected chi connectivity index (χ3v) is 4.87. The molecule has 1 N–H and O–H groups in total. The van der Waals surface area contributed by atoms with Crippen LogP contribution in [0.1, 0.15) is 43.2 Å². The number of aromatic nitrogens is 3. The van der Waals surface area contributed by atoms with E-state index < -0.39 is 0 Å². The van der Waals surface area contributed by atoms with Gasteiger partial charge in [0.05, 0.1) is 22.8 Å². The van der Waals surface area contributed by atoms with Crippen LogP contribution in [0.4, 0.5) is 0 Å². The van der Waals surface area contributed by atoms with E-state index in [1.165, 1.54) is 0 Å². The number of carbonyl (C=O) groups is 1. The zero-order valence-corrected chi connectivity index (χ0v) is 14.2. The van der Waals surface area contributed by atoms with Gasteiger partial charge < -0.3 is 9.88 Å². The molecular formula is C20H22N4O. The molecule has 1 atom stereocenters. The molecular weight excluding hydrogens is 312 g/mol. The van der Waals surface area contributed by atoms with E-state index in [1.807, 2.05) is 47.4 Å². The number of fused-ring (bicyclic) bond motifs is 1. The lowest BCUT2D eigenvalue weighted by molar-refractivity contribution is -0.135. The summed E-state index contributed by atoms with van der Waals surface area (Å²) in [5.74, 6) is 1.07. The largest absolute Gasteiger partial charge is 0.342 e. The fraction of sp³-hybridized carbons (Fsp3) is 0.350. The summed E-state index contributed by atoms with van der Waals surface area (Å²) in [4.78, 5) is 27.2. The molecule has 128 valence electrons. The maximum Gasteiger partial charge on any atom is 0.223 e. The van der Waals surface area contributed by atoms with E-state index in [1.54, 1.807) is 6.20 Å². The summed E-state index contributed by atoms with van der Waals surface area (Å²) >= 11 is 0. The number of hydrogen-bond acceptors (Lipinski definition) is 3. The van der Waals surface area contributed by atoms with Crippen molar-refractivity contribution < 1.29 is 4.79 Å². The topological polar surface area (TPSA) is 61.9 Å². The van der Waals surface area contributed by atoms with E-state index in [0.29, 0.717) is 12.8 Å². The SMILES string of the molecule is O=C(CCc1nc2ccccc2[nH]1)N1CCCC[C@H]1c1ccccn1. The zero-order chi connectivity index (χ0) is 17.1. The Morgan fingerprint density at radius 3 is 2.88 bits per heavy atom. The highest BCUT2D eigenvalue weighted by molar-refractivity contribution is 5.78. The number of amides is 1. The van der Waals surface area contributed by atoms with Crippen molar-refractivity contribution in [3.63, 3.8) is 0 Å². The third kappa shape index (κ3) is 3.40. The molecule has 0 aliphatic carbocycles. The highest BCUT2D eigenvalue weighted by Crippen LogP contribution is 2.30. The van der Waals surface area contributed by atoms with E-state index in [2.05, 4.69) is 15.0 Å². The molecule has 0 radical (unpaired) electrons. The number of pyridine rings is 1. The number of H-pyrrole nitrogens is 1. The number of carbonyl (C=O) groups excluding carboxylic acids is 1. The van der Waals surface area contributed by atoms with Crippen LogP contribution in [0.2, 0.25) is 0 Å². The molecule has 0 spiro atoms. The van der Waals surface area contributed by atoms with E-state index >= 15 is 0 Å². The monoisotopic (exact) mass is 334 g/mol. The molecule has 5 heteroatoms. The Bertz CT molecular complexity index is 825. The maximum absolute atomic E-state index is 12.8. The standard InChI is InChI=1S/C20H22N4O/c25-20(12-11-19-22-15-7-1-2-8-16(15)23-19)24-14-6-4-10-18(24)17-9-3-5-13-21-17/h1-3,5,7-9,13,18H,4,6,10-12,14H2,(H,22,23)/t18-/m0/s1. The van der Waals surface area contributed by atoms with Gasteiger partial charge in [0.2, 0.25) is 5.91 Å². The molecule has 1 aliphatic heterocycles. The van der Waals surface area contributed by atoms with Gasteiger partial charge in [-0.3, -0.25) is 9.78 Å². The summed E-state index contributed by atoms with van der Waals surface area (Å²) in [7, 11) is 0. The first-order chi connectivity index (χ1) is 12.3. The quantitative estimate of drug-likeness (QED) is 0.792. The molecule has 1 aromatic carbocycles. The number of rotatable bonds is 4. The first-order valence-electron chi connectivity index (χ1n) is 8.95. The summed E-state index contributed by atoms with van der Waals surface area (Å²) in [5.41, 5.74) is 2.97. The van der Waals surface area contributed by atoms with Crippen molar-refractivity contribution in [2.45, 2.75) is 38.1 Å². The Balaban J connectivity index is 1.45. The predicted molar refractivity (Wildman–Crippen MR) is 97.0 cm³/mol. The lowest BCUT2D eigenvalue weighted by Gasteiger charge is -2.35. The van der Waals surface area contributed by atoms with Gasteiger partial charge in [0, 0.05) is 25.6 Å². The first-order valence-corrected chi connectivity index (χ1v) is 8.95. The fourth-order valence-electron chi connectivity index (χ4n) is 3.60. The lowest BCUT2D eigenvalue weighted by Crippen LogP contribution is -2.39. The van der Waals surface area contributed by atoms with Crippen molar-refractivity contribution in [2.75, 3.05) is 6.54 Å². The van der Waals surface area contributed by atoms with Gasteiger partial charge in [0.15, 0.2) is 0 Å². The van der Waals surface area contributed by atoms with Crippen LogP contribution < -0.4 is 0 Å². The number of piperidine rings is 1. The zero-order valence-electron chi connectivity index (χ0n) is 14.2. The second-order valence-corrected chi connectivity index (χ2v) is 6.55. The van der Waals surface area contributed by atoms with Gasteiger partial charge >= 0.3 is 0 Å². The van der Waals surface area contributed by atoms with Crippen molar-refractivity contribution >= 4 is 16.9 Å².